The molecule has 0 fully saturated rings. The molecule has 0 saturated heterocycles. The summed E-state index contributed by atoms with van der Waals surface area (Å²) < 4.78 is 16.3. The number of allylic oxidation sites excluding steroid dienone is 1. The lowest BCUT2D eigenvalue weighted by atomic mass is 9.95. The normalized spacial score (nSPS) is 16.5. The van der Waals surface area contributed by atoms with Gasteiger partial charge in [0.1, 0.15) is 6.61 Å². The molecule has 1 aliphatic rings. The molecule has 0 unspecified atom stereocenters. The van der Waals surface area contributed by atoms with Crippen molar-refractivity contribution in [3.8, 4) is 11.5 Å². The number of nitrogens with one attached hydrogen (secondary N) is 3. The molecule has 0 bridgehead atoms. The van der Waals surface area contributed by atoms with E-state index in [1.807, 2.05) is 13.0 Å². The van der Waals surface area contributed by atoms with Crippen molar-refractivity contribution in [3.05, 3.63) is 65.1 Å². The van der Waals surface area contributed by atoms with E-state index >= 15 is 0 Å². The monoisotopic (exact) mass is 469 g/mol. The Labute approximate surface area is 196 Å². The molecule has 0 spiro atoms. The van der Waals surface area contributed by atoms with E-state index in [0.717, 1.165) is 0 Å². The van der Waals surface area contributed by atoms with Crippen LogP contribution in [0.2, 0.25) is 0 Å². The zero-order valence-corrected chi connectivity index (χ0v) is 19.1. The fourth-order valence-corrected chi connectivity index (χ4v) is 3.26. The smallest absolute Gasteiger partial charge is 0.337 e. The van der Waals surface area contributed by atoms with E-state index in [1.54, 1.807) is 43.5 Å². The zero-order chi connectivity index (χ0) is 24.5. The first kappa shape index (κ1) is 24.5. The van der Waals surface area contributed by atoms with Gasteiger partial charge in [-0.1, -0.05) is 12.1 Å². The number of esters is 1. The molecular weight excluding hydrogens is 442 g/mol. The Morgan fingerprint density at radius 3 is 2.82 bits per heavy atom. The number of nitrogens with zero attached hydrogens (tertiary/aromatic N) is 2. The van der Waals surface area contributed by atoms with Crippen molar-refractivity contribution < 1.29 is 28.9 Å². The second-order valence-corrected chi connectivity index (χ2v) is 7.17. The summed E-state index contributed by atoms with van der Waals surface area (Å²) in [5, 5.41) is 19.4. The topological polar surface area (TPSA) is 143 Å². The first-order valence-corrected chi connectivity index (χ1v) is 10.6. The van der Waals surface area contributed by atoms with Gasteiger partial charge in [-0.25, -0.2) is 9.59 Å². The first-order chi connectivity index (χ1) is 16.4. The van der Waals surface area contributed by atoms with E-state index in [1.165, 1.54) is 13.3 Å². The summed E-state index contributed by atoms with van der Waals surface area (Å²) in [5.41, 5.74) is 4.48. The van der Waals surface area contributed by atoms with Crippen LogP contribution in [0.3, 0.4) is 0 Å². The number of methoxy groups -OCH3 is 1. The Morgan fingerprint density at radius 1 is 1.29 bits per heavy atom. The summed E-state index contributed by atoms with van der Waals surface area (Å²) >= 11 is 0. The molecule has 11 heteroatoms. The van der Waals surface area contributed by atoms with Crippen LogP contribution in [0.1, 0.15) is 31.1 Å². The van der Waals surface area contributed by atoms with E-state index in [9.17, 15) is 14.7 Å². The van der Waals surface area contributed by atoms with Gasteiger partial charge in [0.15, 0.2) is 17.7 Å². The minimum Gasteiger partial charge on any atom is -0.490 e. The van der Waals surface area contributed by atoms with Crippen LogP contribution >= 0.6 is 0 Å². The van der Waals surface area contributed by atoms with Crippen molar-refractivity contribution >= 4 is 18.2 Å². The van der Waals surface area contributed by atoms with Gasteiger partial charge < -0.3 is 30.0 Å². The van der Waals surface area contributed by atoms with E-state index in [-0.39, 0.29) is 12.2 Å². The van der Waals surface area contributed by atoms with E-state index < -0.39 is 24.3 Å². The third kappa shape index (κ3) is 6.23. The standard InChI is InChI=1S/C23H27N5O6/c1-4-33-18-11-15(21-20(22(30)32-3)14(2)26-23(31)27-21)8-9-17(18)34-13-19(29)28-25-12-16-7-5-6-10-24-16/h5-12,19,21,28-29H,4,13H2,1-3H3,(H2,26,27,31)/b25-12-/t19-,21-/m0/s1. The average molecular weight is 469 g/mol. The van der Waals surface area contributed by atoms with Crippen molar-refractivity contribution in [3.63, 3.8) is 0 Å². The van der Waals surface area contributed by atoms with Crippen LogP contribution in [0.5, 0.6) is 11.5 Å². The van der Waals surface area contributed by atoms with Gasteiger partial charge in [-0.05, 0) is 43.7 Å². The van der Waals surface area contributed by atoms with Gasteiger partial charge in [-0.2, -0.15) is 5.10 Å². The molecule has 2 atom stereocenters. The fraction of sp³-hybridized carbons (Fsp3) is 0.304. The highest BCUT2D eigenvalue weighted by molar-refractivity contribution is 5.95. The summed E-state index contributed by atoms with van der Waals surface area (Å²) in [6.45, 7) is 3.68. The number of hydrogen-bond donors (Lipinski definition) is 4. The van der Waals surface area contributed by atoms with E-state index in [2.05, 4.69) is 26.1 Å². The Kier molecular flexibility index (Phi) is 8.41. The van der Waals surface area contributed by atoms with Crippen LogP contribution in [-0.2, 0) is 9.53 Å². The lowest BCUT2D eigenvalue weighted by Crippen LogP contribution is -2.45. The maximum absolute atomic E-state index is 12.3. The minimum atomic E-state index is -1.09. The third-order valence-corrected chi connectivity index (χ3v) is 4.78. The molecule has 1 aromatic heterocycles. The van der Waals surface area contributed by atoms with Crippen LogP contribution in [0.15, 0.2) is 59.0 Å². The Morgan fingerprint density at radius 2 is 2.12 bits per heavy atom. The van der Waals surface area contributed by atoms with Crippen LogP contribution < -0.4 is 25.5 Å². The van der Waals surface area contributed by atoms with Crippen molar-refractivity contribution in [2.75, 3.05) is 20.3 Å². The lowest BCUT2D eigenvalue weighted by Gasteiger charge is -2.28. The highest BCUT2D eigenvalue weighted by Crippen LogP contribution is 2.34. The Hall–Kier alpha value is -4.12. The van der Waals surface area contributed by atoms with Gasteiger partial charge in [-0.3, -0.25) is 10.4 Å². The third-order valence-electron chi connectivity index (χ3n) is 4.78. The number of amides is 2. The predicted octanol–water partition coefficient (Wildman–Crippen LogP) is 1.60. The number of pyridine rings is 1. The molecule has 2 amide bonds. The van der Waals surface area contributed by atoms with Gasteiger partial charge in [0.25, 0.3) is 0 Å². The second-order valence-electron chi connectivity index (χ2n) is 7.17. The fourth-order valence-electron chi connectivity index (χ4n) is 3.26. The van der Waals surface area contributed by atoms with Gasteiger partial charge in [0, 0.05) is 11.9 Å². The zero-order valence-electron chi connectivity index (χ0n) is 19.1. The summed E-state index contributed by atoms with van der Waals surface area (Å²) in [4.78, 5) is 28.5. The molecule has 0 aliphatic carbocycles. The number of carbonyl (C=O) groups is 2. The quantitative estimate of drug-likeness (QED) is 0.178. The largest absolute Gasteiger partial charge is 0.490 e. The predicted molar refractivity (Wildman–Crippen MR) is 123 cm³/mol. The average Bonchev–Trinajstić information content (AvgIpc) is 2.83. The molecule has 34 heavy (non-hydrogen) atoms. The molecule has 3 rings (SSSR count). The van der Waals surface area contributed by atoms with Crippen molar-refractivity contribution in [2.24, 2.45) is 5.10 Å². The van der Waals surface area contributed by atoms with Crippen LogP contribution in [0.4, 0.5) is 4.79 Å². The lowest BCUT2D eigenvalue weighted by molar-refractivity contribution is -0.136. The molecule has 4 N–H and O–H groups in total. The summed E-state index contributed by atoms with van der Waals surface area (Å²) in [5.74, 6) is 0.202. The Bertz CT molecular complexity index is 1070. The van der Waals surface area contributed by atoms with E-state index in [0.29, 0.717) is 35.1 Å². The summed E-state index contributed by atoms with van der Waals surface area (Å²) in [6, 6.07) is 9.24. The number of benzene rings is 1. The number of urea groups is 1. The molecule has 0 radical (unpaired) electrons. The first-order valence-electron chi connectivity index (χ1n) is 10.6. The van der Waals surface area contributed by atoms with Crippen LogP contribution in [0.25, 0.3) is 0 Å². The molecule has 0 saturated carbocycles. The van der Waals surface area contributed by atoms with Gasteiger partial charge in [0.2, 0.25) is 0 Å². The Balaban J connectivity index is 1.72. The van der Waals surface area contributed by atoms with Gasteiger partial charge in [-0.15, -0.1) is 0 Å². The maximum Gasteiger partial charge on any atom is 0.337 e. The molecule has 2 aromatic rings. The number of hydrogen-bond acceptors (Lipinski definition) is 9. The second kappa shape index (κ2) is 11.7. The number of hydrazone groups is 1. The number of rotatable bonds is 10. The number of ether oxygens (including phenoxy) is 3. The van der Waals surface area contributed by atoms with Crippen molar-refractivity contribution in [2.45, 2.75) is 26.1 Å². The molecule has 180 valence electrons. The molecule has 1 aliphatic heterocycles. The van der Waals surface area contributed by atoms with Crippen molar-refractivity contribution in [1.82, 2.24) is 21.0 Å². The molecular formula is C23H27N5O6. The highest BCUT2D eigenvalue weighted by Gasteiger charge is 2.32. The number of aromatic nitrogens is 1. The van der Waals surface area contributed by atoms with E-state index in [4.69, 9.17) is 14.2 Å². The summed E-state index contributed by atoms with van der Waals surface area (Å²) in [6.07, 6.45) is 2.03. The van der Waals surface area contributed by atoms with Crippen LogP contribution in [-0.4, -0.2) is 54.9 Å². The highest BCUT2D eigenvalue weighted by atomic mass is 16.5. The molecule has 11 nitrogen and oxygen atoms in total. The SMILES string of the molecule is CCOc1cc([C@@H]2NC(=O)NC(C)=C2C(=O)OC)ccc1OC[C@H](O)N/N=C\c1ccccn1. The summed E-state index contributed by atoms with van der Waals surface area (Å²) in [7, 11) is 1.28. The van der Waals surface area contributed by atoms with Gasteiger partial charge in [0.05, 0.1) is 37.2 Å². The number of aliphatic hydroxyl groups is 1. The number of carbonyl (C=O) groups excluding carboxylic acids is 2. The van der Waals surface area contributed by atoms with Gasteiger partial charge >= 0.3 is 12.0 Å². The van der Waals surface area contributed by atoms with Crippen LogP contribution in [0, 0.1) is 0 Å². The molecule has 1 aromatic carbocycles. The molecule has 2 heterocycles. The minimum absolute atomic E-state index is 0.116. The van der Waals surface area contributed by atoms with Crippen molar-refractivity contribution in [1.29, 1.82) is 0 Å². The number of aliphatic hydroxyl groups excluding tert-OH is 1. The maximum atomic E-state index is 12.3.